The number of amides is 1. The van der Waals surface area contributed by atoms with Crippen LogP contribution < -0.4 is 20.1 Å². The summed E-state index contributed by atoms with van der Waals surface area (Å²) in [5, 5.41) is 16.9. The van der Waals surface area contributed by atoms with E-state index in [9.17, 15) is 10.1 Å². The molecule has 4 aromatic rings. The molecule has 0 saturated carbocycles. The summed E-state index contributed by atoms with van der Waals surface area (Å²) in [6.07, 6.45) is 6.26. The number of hydrogen-bond acceptors (Lipinski definition) is 7. The van der Waals surface area contributed by atoms with E-state index in [1.54, 1.807) is 49.5 Å². The molecule has 4 rings (SSSR count). The Bertz CT molecular complexity index is 1500. The SMILES string of the molecule is C/C=C/C(=O)Nc1cc2c(Nc3ccc(OCc4ccccn4)c(Cl)c3)c(C#N)cnc2cc1OCC. The van der Waals surface area contributed by atoms with Gasteiger partial charge in [-0.3, -0.25) is 14.8 Å². The van der Waals surface area contributed by atoms with Gasteiger partial charge in [0.25, 0.3) is 0 Å². The molecule has 2 heterocycles. The number of nitrogens with one attached hydrogen (secondary N) is 2. The summed E-state index contributed by atoms with van der Waals surface area (Å²) in [6, 6.07) is 16.5. The van der Waals surface area contributed by atoms with Crippen LogP contribution in [0.4, 0.5) is 17.1 Å². The van der Waals surface area contributed by atoms with Crippen molar-refractivity contribution in [2.75, 3.05) is 17.2 Å². The first-order valence-corrected chi connectivity index (χ1v) is 11.9. The number of anilines is 3. The van der Waals surface area contributed by atoms with E-state index < -0.39 is 0 Å². The molecule has 0 aliphatic rings. The second-order valence-electron chi connectivity index (χ2n) is 7.83. The molecule has 0 radical (unpaired) electrons. The highest BCUT2D eigenvalue weighted by molar-refractivity contribution is 6.32. The highest BCUT2D eigenvalue weighted by Gasteiger charge is 2.16. The fraction of sp³-hybridized carbons (Fsp3) is 0.143. The Morgan fingerprint density at radius 2 is 2.00 bits per heavy atom. The summed E-state index contributed by atoms with van der Waals surface area (Å²) < 4.78 is 11.5. The van der Waals surface area contributed by atoms with Gasteiger partial charge in [0, 0.05) is 29.5 Å². The van der Waals surface area contributed by atoms with E-state index in [0.29, 0.717) is 56.7 Å². The number of fused-ring (bicyclic) bond motifs is 1. The molecule has 0 fully saturated rings. The third kappa shape index (κ3) is 6.15. The molecule has 0 atom stereocenters. The summed E-state index contributed by atoms with van der Waals surface area (Å²) in [7, 11) is 0. The molecule has 2 aromatic heterocycles. The molecular formula is C28H24ClN5O3. The first-order chi connectivity index (χ1) is 18.0. The van der Waals surface area contributed by atoms with E-state index in [1.165, 1.54) is 12.3 Å². The Morgan fingerprint density at radius 1 is 1.14 bits per heavy atom. The number of pyridine rings is 2. The predicted octanol–water partition coefficient (Wildman–Crippen LogP) is 6.39. The predicted molar refractivity (Wildman–Crippen MR) is 144 cm³/mol. The van der Waals surface area contributed by atoms with Crippen LogP contribution in [-0.4, -0.2) is 22.5 Å². The zero-order valence-electron chi connectivity index (χ0n) is 20.3. The highest BCUT2D eigenvalue weighted by atomic mass is 35.5. The molecular weight excluding hydrogens is 490 g/mol. The maximum Gasteiger partial charge on any atom is 0.248 e. The lowest BCUT2D eigenvalue weighted by atomic mass is 10.1. The first kappa shape index (κ1) is 25.5. The lowest BCUT2D eigenvalue weighted by molar-refractivity contribution is -0.111. The lowest BCUT2D eigenvalue weighted by Crippen LogP contribution is -2.10. The zero-order chi connectivity index (χ0) is 26.2. The fourth-order valence-electron chi connectivity index (χ4n) is 3.61. The minimum atomic E-state index is -0.296. The number of rotatable bonds is 9. The van der Waals surface area contributed by atoms with Crippen molar-refractivity contribution in [1.82, 2.24) is 9.97 Å². The van der Waals surface area contributed by atoms with Crippen molar-refractivity contribution in [3.63, 3.8) is 0 Å². The van der Waals surface area contributed by atoms with Gasteiger partial charge in [0.15, 0.2) is 0 Å². The Morgan fingerprint density at radius 3 is 2.70 bits per heavy atom. The molecule has 2 aromatic carbocycles. The number of nitriles is 1. The number of carbonyl (C=O) groups is 1. The van der Waals surface area contributed by atoms with E-state index in [-0.39, 0.29) is 12.5 Å². The van der Waals surface area contributed by atoms with Crippen LogP contribution in [0.25, 0.3) is 10.9 Å². The van der Waals surface area contributed by atoms with Crippen LogP contribution in [0.15, 0.2) is 73.1 Å². The van der Waals surface area contributed by atoms with Crippen LogP contribution in [-0.2, 0) is 11.4 Å². The van der Waals surface area contributed by atoms with Gasteiger partial charge in [0.05, 0.1) is 39.8 Å². The monoisotopic (exact) mass is 513 g/mol. The van der Waals surface area contributed by atoms with Crippen molar-refractivity contribution >= 4 is 45.5 Å². The standard InChI is InChI=1S/C28H24ClN5O3/c1-3-7-27(35)34-24-13-21-23(14-26(24)36-4-2)32-16-18(15-30)28(21)33-19-9-10-25(22(29)12-19)37-17-20-8-5-6-11-31-20/h3,5-14,16H,4,17H2,1-2H3,(H,32,33)(H,34,35)/b7-3+. The largest absolute Gasteiger partial charge is 0.492 e. The number of nitrogens with zero attached hydrogens (tertiary/aromatic N) is 3. The second kappa shape index (κ2) is 11.9. The third-order valence-corrected chi connectivity index (χ3v) is 5.56. The number of hydrogen-bond donors (Lipinski definition) is 2. The summed E-state index contributed by atoms with van der Waals surface area (Å²) in [6.45, 7) is 4.31. The molecule has 0 aliphatic carbocycles. The third-order valence-electron chi connectivity index (χ3n) is 5.27. The minimum absolute atomic E-state index is 0.283. The molecule has 0 bridgehead atoms. The highest BCUT2D eigenvalue weighted by Crippen LogP contribution is 2.37. The van der Waals surface area contributed by atoms with Crippen LogP contribution >= 0.6 is 11.6 Å². The van der Waals surface area contributed by atoms with Gasteiger partial charge in [0.2, 0.25) is 5.91 Å². The number of allylic oxidation sites excluding steroid dienone is 1. The van der Waals surface area contributed by atoms with E-state index in [1.807, 2.05) is 25.1 Å². The number of carbonyl (C=O) groups excluding carboxylic acids is 1. The van der Waals surface area contributed by atoms with Gasteiger partial charge in [-0.25, -0.2) is 0 Å². The molecule has 0 spiro atoms. The Balaban J connectivity index is 1.68. The van der Waals surface area contributed by atoms with Gasteiger partial charge in [-0.05, 0) is 56.3 Å². The van der Waals surface area contributed by atoms with Crippen molar-refractivity contribution in [3.05, 3.63) is 89.4 Å². The lowest BCUT2D eigenvalue weighted by Gasteiger charge is -2.16. The van der Waals surface area contributed by atoms with Crippen LogP contribution in [0.5, 0.6) is 11.5 Å². The van der Waals surface area contributed by atoms with E-state index in [2.05, 4.69) is 26.7 Å². The van der Waals surface area contributed by atoms with E-state index in [4.69, 9.17) is 21.1 Å². The van der Waals surface area contributed by atoms with Gasteiger partial charge in [-0.2, -0.15) is 5.26 Å². The normalized spacial score (nSPS) is 10.8. The first-order valence-electron chi connectivity index (χ1n) is 11.5. The Hall–Kier alpha value is -4.61. The molecule has 0 unspecified atom stereocenters. The Kier molecular flexibility index (Phi) is 8.18. The van der Waals surface area contributed by atoms with Crippen LogP contribution in [0.2, 0.25) is 5.02 Å². The summed E-state index contributed by atoms with van der Waals surface area (Å²) in [5.74, 6) is 0.691. The number of halogens is 1. The summed E-state index contributed by atoms with van der Waals surface area (Å²) in [5.41, 5.74) is 3.34. The topological polar surface area (TPSA) is 109 Å². The molecule has 0 saturated heterocycles. The minimum Gasteiger partial charge on any atom is -0.492 e. The molecule has 9 heteroatoms. The number of benzene rings is 2. The maximum atomic E-state index is 12.2. The maximum absolute atomic E-state index is 12.2. The van der Waals surface area contributed by atoms with E-state index in [0.717, 1.165) is 5.69 Å². The molecule has 186 valence electrons. The average Bonchev–Trinajstić information content (AvgIpc) is 2.90. The van der Waals surface area contributed by atoms with Crippen LogP contribution in [0, 0.1) is 11.3 Å². The summed E-state index contributed by atoms with van der Waals surface area (Å²) in [4.78, 5) is 20.9. The molecule has 1 amide bonds. The smallest absolute Gasteiger partial charge is 0.248 e. The molecule has 37 heavy (non-hydrogen) atoms. The van der Waals surface area contributed by atoms with E-state index >= 15 is 0 Å². The quantitative estimate of drug-likeness (QED) is 0.249. The van der Waals surface area contributed by atoms with Gasteiger partial charge in [-0.1, -0.05) is 23.7 Å². The fourth-order valence-corrected chi connectivity index (χ4v) is 3.85. The number of aromatic nitrogens is 2. The van der Waals surface area contributed by atoms with Crippen LogP contribution in [0.1, 0.15) is 25.1 Å². The Labute approximate surface area is 219 Å². The van der Waals surface area contributed by atoms with Crippen molar-refractivity contribution in [1.29, 1.82) is 5.26 Å². The molecule has 2 N–H and O–H groups in total. The number of ether oxygens (including phenoxy) is 2. The zero-order valence-corrected chi connectivity index (χ0v) is 21.0. The molecule has 0 aliphatic heterocycles. The van der Waals surface area contributed by atoms with Gasteiger partial charge < -0.3 is 20.1 Å². The van der Waals surface area contributed by atoms with Crippen molar-refractivity contribution in [2.45, 2.75) is 20.5 Å². The van der Waals surface area contributed by atoms with Crippen molar-refractivity contribution in [3.8, 4) is 17.6 Å². The van der Waals surface area contributed by atoms with Gasteiger partial charge in [-0.15, -0.1) is 0 Å². The van der Waals surface area contributed by atoms with Gasteiger partial charge >= 0.3 is 0 Å². The van der Waals surface area contributed by atoms with Crippen LogP contribution in [0.3, 0.4) is 0 Å². The van der Waals surface area contributed by atoms with Crippen molar-refractivity contribution in [2.24, 2.45) is 0 Å². The second-order valence-corrected chi connectivity index (χ2v) is 8.23. The molecule has 8 nitrogen and oxygen atoms in total. The van der Waals surface area contributed by atoms with Crippen molar-refractivity contribution < 1.29 is 14.3 Å². The summed E-state index contributed by atoms with van der Waals surface area (Å²) >= 11 is 6.49. The average molecular weight is 514 g/mol. The van der Waals surface area contributed by atoms with Gasteiger partial charge in [0.1, 0.15) is 24.2 Å².